The van der Waals surface area contributed by atoms with Crippen molar-refractivity contribution in [1.82, 2.24) is 0 Å². The van der Waals surface area contributed by atoms with Crippen molar-refractivity contribution in [2.24, 2.45) is 10.7 Å². The van der Waals surface area contributed by atoms with E-state index in [1.165, 1.54) is 0 Å². The zero-order valence-corrected chi connectivity index (χ0v) is 14.7. The van der Waals surface area contributed by atoms with E-state index < -0.39 is 6.17 Å². The fourth-order valence-corrected chi connectivity index (χ4v) is 3.17. The average molecular weight is 353 g/mol. The van der Waals surface area contributed by atoms with Gasteiger partial charge in [0.15, 0.2) is 0 Å². The molecule has 3 nitrogen and oxygen atoms in total. The van der Waals surface area contributed by atoms with Crippen LogP contribution in [0.25, 0.3) is 0 Å². The second-order valence-electron chi connectivity index (χ2n) is 5.77. The zero-order valence-electron chi connectivity index (χ0n) is 13.9. The molecule has 1 heterocycles. The van der Waals surface area contributed by atoms with Crippen LogP contribution < -0.4 is 11.1 Å². The number of alkyl halides is 1. The Morgan fingerprint density at radius 1 is 1.08 bits per heavy atom. The number of thiophene rings is 1. The molecule has 0 saturated heterocycles. The van der Waals surface area contributed by atoms with Crippen LogP contribution in [0.1, 0.15) is 23.5 Å². The number of nitrogens with one attached hydrogen (secondary N) is 1. The van der Waals surface area contributed by atoms with Crippen molar-refractivity contribution in [2.75, 3.05) is 5.32 Å². The molecule has 0 bridgehead atoms. The number of nitrogens with two attached hydrogens (primary N) is 1. The summed E-state index contributed by atoms with van der Waals surface area (Å²) in [6, 6.07) is 20.2. The Kier molecular flexibility index (Phi) is 5.46. The summed E-state index contributed by atoms with van der Waals surface area (Å²) in [5, 5.41) is 5.17. The smallest absolute Gasteiger partial charge is 0.145 e. The first-order valence-electron chi connectivity index (χ1n) is 8.07. The second-order valence-corrected chi connectivity index (χ2v) is 6.72. The summed E-state index contributed by atoms with van der Waals surface area (Å²) in [5.74, 6) is 0.479. The molecule has 2 aromatic carbocycles. The van der Waals surface area contributed by atoms with Gasteiger partial charge >= 0.3 is 0 Å². The number of amidine groups is 1. The lowest BCUT2D eigenvalue weighted by Gasteiger charge is -2.20. The van der Waals surface area contributed by atoms with E-state index in [1.807, 2.05) is 66.9 Å². The highest BCUT2D eigenvalue weighted by molar-refractivity contribution is 7.12. The molecule has 0 unspecified atom stereocenters. The lowest BCUT2D eigenvalue weighted by molar-refractivity contribution is 0.312. The first-order chi connectivity index (χ1) is 12.1. The number of hydrogen-bond acceptors (Lipinski definition) is 3. The topological polar surface area (TPSA) is 50.4 Å². The Hall–Kier alpha value is -2.66. The minimum atomic E-state index is -1.09. The number of anilines is 1. The van der Waals surface area contributed by atoms with E-state index in [0.717, 1.165) is 16.3 Å². The Morgan fingerprint density at radius 3 is 2.60 bits per heavy atom. The van der Waals surface area contributed by atoms with Crippen molar-refractivity contribution in [3.63, 3.8) is 0 Å². The van der Waals surface area contributed by atoms with Gasteiger partial charge in [-0.1, -0.05) is 42.5 Å². The van der Waals surface area contributed by atoms with E-state index >= 15 is 0 Å². The third-order valence-corrected chi connectivity index (χ3v) is 4.71. The van der Waals surface area contributed by atoms with Crippen LogP contribution in [0.4, 0.5) is 15.8 Å². The van der Waals surface area contributed by atoms with Crippen LogP contribution in [-0.4, -0.2) is 11.9 Å². The molecule has 0 fully saturated rings. The molecule has 3 N–H and O–H groups in total. The number of nitrogens with zero attached hydrogens (tertiary/aromatic N) is 1. The van der Waals surface area contributed by atoms with E-state index in [1.54, 1.807) is 23.5 Å². The summed E-state index contributed by atoms with van der Waals surface area (Å²) in [4.78, 5) is 5.37. The predicted molar refractivity (Wildman–Crippen MR) is 105 cm³/mol. The van der Waals surface area contributed by atoms with Gasteiger partial charge in [0, 0.05) is 5.69 Å². The lowest BCUT2D eigenvalue weighted by atomic mass is 10.0. The van der Waals surface area contributed by atoms with E-state index in [0.29, 0.717) is 11.4 Å². The van der Waals surface area contributed by atoms with Crippen molar-refractivity contribution in [2.45, 2.75) is 19.1 Å². The highest BCUT2D eigenvalue weighted by Crippen LogP contribution is 2.26. The molecule has 5 heteroatoms. The number of halogens is 1. The highest BCUT2D eigenvalue weighted by atomic mass is 32.1. The maximum atomic E-state index is 14.6. The lowest BCUT2D eigenvalue weighted by Crippen LogP contribution is -2.21. The highest BCUT2D eigenvalue weighted by Gasteiger charge is 2.18. The third-order valence-electron chi connectivity index (χ3n) is 3.82. The van der Waals surface area contributed by atoms with Crippen molar-refractivity contribution >= 4 is 28.5 Å². The number of hydrogen-bond donors (Lipinski definition) is 2. The number of aliphatic imine (C=N–C) groups is 1. The van der Waals surface area contributed by atoms with Crippen molar-refractivity contribution in [1.29, 1.82) is 0 Å². The fraction of sp³-hybridized carbons (Fsp3) is 0.150. The Labute approximate surface area is 151 Å². The standard InChI is InChI=1S/C20H20FN3S/c1-14(19(21)15-7-3-2-4-8-15)23-16-9-5-10-17(13-16)24-20(22)18-11-6-12-25-18/h2-14,19,23H,1H3,(H2,22,24)/t14-,19+/m1/s1. The summed E-state index contributed by atoms with van der Waals surface area (Å²) in [6.45, 7) is 1.83. The van der Waals surface area contributed by atoms with Crippen LogP contribution in [0.3, 0.4) is 0 Å². The van der Waals surface area contributed by atoms with Crippen molar-refractivity contribution in [3.8, 4) is 0 Å². The SMILES string of the molecule is C[C@@H](Nc1cccc(N=C(N)c2cccs2)c1)[C@H](F)c1ccccc1. The molecule has 0 spiro atoms. The maximum absolute atomic E-state index is 14.6. The van der Waals surface area contributed by atoms with Crippen LogP contribution in [-0.2, 0) is 0 Å². The Bertz CT molecular complexity index is 831. The van der Waals surface area contributed by atoms with Crippen LogP contribution in [0.2, 0.25) is 0 Å². The first-order valence-corrected chi connectivity index (χ1v) is 8.95. The molecule has 3 aromatic rings. The maximum Gasteiger partial charge on any atom is 0.145 e. The van der Waals surface area contributed by atoms with Gasteiger partial charge in [0.1, 0.15) is 12.0 Å². The van der Waals surface area contributed by atoms with E-state index in [2.05, 4.69) is 10.3 Å². The summed E-state index contributed by atoms with van der Waals surface area (Å²) in [6.07, 6.45) is -1.09. The van der Waals surface area contributed by atoms with Gasteiger partial charge in [0.05, 0.1) is 16.6 Å². The van der Waals surface area contributed by atoms with Crippen LogP contribution >= 0.6 is 11.3 Å². The van der Waals surface area contributed by atoms with Gasteiger partial charge in [-0.3, -0.25) is 0 Å². The Morgan fingerprint density at radius 2 is 1.88 bits per heavy atom. The van der Waals surface area contributed by atoms with Gasteiger partial charge in [0.2, 0.25) is 0 Å². The minimum absolute atomic E-state index is 0.365. The molecule has 2 atom stereocenters. The molecule has 25 heavy (non-hydrogen) atoms. The van der Waals surface area contributed by atoms with Gasteiger partial charge in [-0.25, -0.2) is 9.38 Å². The predicted octanol–water partition coefficient (Wildman–Crippen LogP) is 5.30. The van der Waals surface area contributed by atoms with Gasteiger partial charge in [-0.15, -0.1) is 11.3 Å². The van der Waals surface area contributed by atoms with E-state index in [4.69, 9.17) is 5.73 Å². The average Bonchev–Trinajstić information content (AvgIpc) is 3.17. The molecule has 0 amide bonds. The second kappa shape index (κ2) is 7.94. The van der Waals surface area contributed by atoms with E-state index in [9.17, 15) is 4.39 Å². The normalized spacial score (nSPS) is 14.1. The van der Waals surface area contributed by atoms with Crippen LogP contribution in [0, 0.1) is 0 Å². The molecule has 0 aliphatic carbocycles. The molecular weight excluding hydrogens is 333 g/mol. The number of benzene rings is 2. The molecule has 0 saturated carbocycles. The molecule has 0 aliphatic rings. The van der Waals surface area contributed by atoms with Gasteiger partial charge in [-0.05, 0) is 42.1 Å². The monoisotopic (exact) mass is 353 g/mol. The fourth-order valence-electron chi connectivity index (χ4n) is 2.55. The minimum Gasteiger partial charge on any atom is -0.383 e. The molecule has 0 aliphatic heterocycles. The summed E-state index contributed by atoms with van der Waals surface area (Å²) in [7, 11) is 0. The zero-order chi connectivity index (χ0) is 17.6. The van der Waals surface area contributed by atoms with Gasteiger partial charge in [-0.2, -0.15) is 0 Å². The van der Waals surface area contributed by atoms with Gasteiger partial charge in [0.25, 0.3) is 0 Å². The molecule has 0 radical (unpaired) electrons. The summed E-state index contributed by atoms with van der Waals surface area (Å²) >= 11 is 1.55. The van der Waals surface area contributed by atoms with Gasteiger partial charge < -0.3 is 11.1 Å². The number of rotatable bonds is 6. The molecule has 128 valence electrons. The molecular formula is C20H20FN3S. The Balaban J connectivity index is 1.72. The van der Waals surface area contributed by atoms with E-state index in [-0.39, 0.29) is 6.04 Å². The van der Waals surface area contributed by atoms with Crippen molar-refractivity contribution < 1.29 is 4.39 Å². The summed E-state index contributed by atoms with van der Waals surface area (Å²) < 4.78 is 14.6. The van der Waals surface area contributed by atoms with Crippen LogP contribution in [0.5, 0.6) is 0 Å². The first kappa shape index (κ1) is 17.2. The van der Waals surface area contributed by atoms with Crippen molar-refractivity contribution in [3.05, 3.63) is 82.6 Å². The molecule has 3 rings (SSSR count). The third kappa shape index (κ3) is 4.45. The quantitative estimate of drug-likeness (QED) is 0.467. The summed E-state index contributed by atoms with van der Waals surface area (Å²) in [5.41, 5.74) is 8.24. The molecule has 1 aromatic heterocycles. The van der Waals surface area contributed by atoms with Crippen LogP contribution in [0.15, 0.2) is 77.1 Å². The largest absolute Gasteiger partial charge is 0.383 e.